The van der Waals surface area contributed by atoms with Crippen molar-refractivity contribution in [2.24, 2.45) is 0 Å². The highest BCUT2D eigenvalue weighted by molar-refractivity contribution is 5.96. The van der Waals surface area contributed by atoms with Crippen LogP contribution >= 0.6 is 0 Å². The van der Waals surface area contributed by atoms with E-state index in [1.807, 2.05) is 0 Å². The van der Waals surface area contributed by atoms with Crippen LogP contribution in [0.3, 0.4) is 0 Å². The van der Waals surface area contributed by atoms with E-state index in [-0.39, 0.29) is 0 Å². The number of nitrogens with zero attached hydrogens (tertiary/aromatic N) is 1. The maximum atomic E-state index is 13.0. The van der Waals surface area contributed by atoms with Crippen LogP contribution in [-0.4, -0.2) is 30.5 Å². The highest BCUT2D eigenvalue weighted by atomic mass is 19.2. The van der Waals surface area contributed by atoms with Gasteiger partial charge in [0.25, 0.3) is 5.91 Å². The molecular weight excluding hydrogens is 222 g/mol. The summed E-state index contributed by atoms with van der Waals surface area (Å²) >= 11 is 0. The predicted molar refractivity (Wildman–Crippen MR) is 48.5 cm³/mol. The molecule has 0 unspecified atom stereocenters. The van der Waals surface area contributed by atoms with Crippen LogP contribution in [0.2, 0.25) is 0 Å². The summed E-state index contributed by atoms with van der Waals surface area (Å²) in [7, 11) is 1.14. The lowest BCUT2D eigenvalue weighted by atomic mass is 10.2. The number of nitrogens with one attached hydrogen (secondary N) is 1. The van der Waals surface area contributed by atoms with Crippen LogP contribution in [0, 0.1) is 11.8 Å². The standard InChI is InChI=1S/C9H8F2N2O3/c1-16-6(14)4-13-9(15)5-2-3-12-8(11)7(5)10/h2-3H,4H2,1H3,(H,13,15). The lowest BCUT2D eigenvalue weighted by Crippen LogP contribution is -2.31. The van der Waals surface area contributed by atoms with Crippen LogP contribution in [0.1, 0.15) is 10.4 Å². The summed E-state index contributed by atoms with van der Waals surface area (Å²) < 4.78 is 29.9. The van der Waals surface area contributed by atoms with Crippen LogP contribution in [0.5, 0.6) is 0 Å². The summed E-state index contributed by atoms with van der Waals surface area (Å²) in [5, 5.41) is 2.07. The van der Waals surface area contributed by atoms with E-state index in [0.717, 1.165) is 19.4 Å². The predicted octanol–water partition coefficient (Wildman–Crippen LogP) is 0.263. The van der Waals surface area contributed by atoms with Gasteiger partial charge in [-0.2, -0.15) is 4.39 Å². The Labute approximate surface area is 89.4 Å². The number of methoxy groups -OCH3 is 1. The van der Waals surface area contributed by atoms with Crippen molar-refractivity contribution in [3.63, 3.8) is 0 Å². The third kappa shape index (κ3) is 2.72. The van der Waals surface area contributed by atoms with Crippen LogP contribution in [0.15, 0.2) is 12.3 Å². The van der Waals surface area contributed by atoms with E-state index >= 15 is 0 Å². The first-order valence-corrected chi connectivity index (χ1v) is 4.21. The number of amides is 1. The van der Waals surface area contributed by atoms with E-state index in [0.29, 0.717) is 0 Å². The van der Waals surface area contributed by atoms with Gasteiger partial charge in [-0.05, 0) is 6.07 Å². The molecule has 0 radical (unpaired) electrons. The molecule has 86 valence electrons. The summed E-state index contributed by atoms with van der Waals surface area (Å²) in [4.78, 5) is 25.0. The van der Waals surface area contributed by atoms with Gasteiger partial charge in [-0.15, -0.1) is 0 Å². The fourth-order valence-electron chi connectivity index (χ4n) is 0.913. The second-order valence-corrected chi connectivity index (χ2v) is 2.72. The highest BCUT2D eigenvalue weighted by Gasteiger charge is 2.16. The van der Waals surface area contributed by atoms with Crippen LogP contribution < -0.4 is 5.32 Å². The Morgan fingerprint density at radius 3 is 2.81 bits per heavy atom. The maximum Gasteiger partial charge on any atom is 0.325 e. The summed E-state index contributed by atoms with van der Waals surface area (Å²) in [6, 6.07) is 1.00. The molecule has 1 rings (SSSR count). The van der Waals surface area contributed by atoms with Gasteiger partial charge in [0.05, 0.1) is 12.7 Å². The van der Waals surface area contributed by atoms with Crippen LogP contribution in [0.25, 0.3) is 0 Å². The topological polar surface area (TPSA) is 68.3 Å². The van der Waals surface area contributed by atoms with Gasteiger partial charge >= 0.3 is 5.97 Å². The summed E-state index contributed by atoms with van der Waals surface area (Å²) in [5.41, 5.74) is -0.517. The third-order valence-electron chi connectivity index (χ3n) is 1.71. The zero-order chi connectivity index (χ0) is 12.1. The van der Waals surface area contributed by atoms with Crippen LogP contribution in [0.4, 0.5) is 8.78 Å². The molecule has 1 N–H and O–H groups in total. The van der Waals surface area contributed by atoms with Gasteiger partial charge in [0.2, 0.25) is 5.95 Å². The zero-order valence-corrected chi connectivity index (χ0v) is 8.29. The van der Waals surface area contributed by atoms with Crippen molar-refractivity contribution in [1.29, 1.82) is 0 Å². The lowest BCUT2D eigenvalue weighted by molar-refractivity contribution is -0.139. The van der Waals surface area contributed by atoms with E-state index in [1.165, 1.54) is 0 Å². The molecule has 0 saturated heterocycles. The number of carbonyl (C=O) groups is 2. The molecule has 16 heavy (non-hydrogen) atoms. The molecule has 0 atom stereocenters. The number of hydrogen-bond donors (Lipinski definition) is 1. The van der Waals surface area contributed by atoms with Crippen molar-refractivity contribution < 1.29 is 23.1 Å². The van der Waals surface area contributed by atoms with Crippen molar-refractivity contribution >= 4 is 11.9 Å². The Morgan fingerprint density at radius 2 is 2.19 bits per heavy atom. The van der Waals surface area contributed by atoms with E-state index in [2.05, 4.69) is 15.0 Å². The van der Waals surface area contributed by atoms with Gasteiger partial charge in [-0.25, -0.2) is 9.37 Å². The first-order chi connectivity index (χ1) is 7.56. The maximum absolute atomic E-state index is 13.0. The molecule has 0 aliphatic heterocycles. The van der Waals surface area contributed by atoms with Gasteiger partial charge in [0, 0.05) is 6.20 Å². The van der Waals surface area contributed by atoms with E-state index in [9.17, 15) is 18.4 Å². The summed E-state index contributed by atoms with van der Waals surface area (Å²) in [6.45, 7) is -0.418. The quantitative estimate of drug-likeness (QED) is 0.597. The SMILES string of the molecule is COC(=O)CNC(=O)c1ccnc(F)c1F. The smallest absolute Gasteiger partial charge is 0.325 e. The minimum Gasteiger partial charge on any atom is -0.468 e. The molecule has 0 aromatic carbocycles. The second kappa shape index (κ2) is 5.15. The number of pyridine rings is 1. The molecule has 7 heteroatoms. The highest BCUT2D eigenvalue weighted by Crippen LogP contribution is 2.08. The van der Waals surface area contributed by atoms with Gasteiger partial charge in [-0.1, -0.05) is 0 Å². The minimum atomic E-state index is -1.37. The molecule has 1 aromatic heterocycles. The molecule has 1 heterocycles. The molecule has 0 aliphatic rings. The number of aromatic nitrogens is 1. The average Bonchev–Trinajstić information content (AvgIpc) is 2.29. The number of rotatable bonds is 3. The molecule has 0 fully saturated rings. The van der Waals surface area contributed by atoms with Crippen molar-refractivity contribution in [1.82, 2.24) is 10.3 Å². The normalized spacial score (nSPS) is 9.69. The number of ether oxygens (including phenoxy) is 1. The summed E-state index contributed by atoms with van der Waals surface area (Å²) in [5.74, 6) is -4.33. The molecular formula is C9H8F2N2O3. The van der Waals surface area contributed by atoms with E-state index in [4.69, 9.17) is 0 Å². The Bertz CT molecular complexity index is 423. The third-order valence-corrected chi connectivity index (χ3v) is 1.71. The monoisotopic (exact) mass is 230 g/mol. The minimum absolute atomic E-state index is 0.418. The largest absolute Gasteiger partial charge is 0.468 e. The molecule has 0 aliphatic carbocycles. The zero-order valence-electron chi connectivity index (χ0n) is 8.29. The molecule has 5 nitrogen and oxygen atoms in total. The number of hydrogen-bond acceptors (Lipinski definition) is 4. The van der Waals surface area contributed by atoms with Gasteiger partial charge in [0.1, 0.15) is 6.54 Å². The van der Waals surface area contributed by atoms with Crippen molar-refractivity contribution in [2.45, 2.75) is 0 Å². The van der Waals surface area contributed by atoms with E-state index < -0.39 is 35.7 Å². The van der Waals surface area contributed by atoms with Crippen molar-refractivity contribution in [2.75, 3.05) is 13.7 Å². The van der Waals surface area contributed by atoms with Gasteiger partial charge < -0.3 is 10.1 Å². The second-order valence-electron chi connectivity index (χ2n) is 2.72. The Kier molecular flexibility index (Phi) is 3.87. The molecule has 1 amide bonds. The van der Waals surface area contributed by atoms with Gasteiger partial charge in [-0.3, -0.25) is 9.59 Å². The van der Waals surface area contributed by atoms with Crippen molar-refractivity contribution in [3.05, 3.63) is 29.6 Å². The molecule has 0 bridgehead atoms. The number of halogens is 2. The first kappa shape index (κ1) is 12.0. The van der Waals surface area contributed by atoms with Crippen molar-refractivity contribution in [3.8, 4) is 0 Å². The number of esters is 1. The average molecular weight is 230 g/mol. The Hall–Kier alpha value is -2.05. The van der Waals surface area contributed by atoms with Gasteiger partial charge in [0.15, 0.2) is 5.82 Å². The Morgan fingerprint density at radius 1 is 1.50 bits per heavy atom. The van der Waals surface area contributed by atoms with Crippen LogP contribution in [-0.2, 0) is 9.53 Å². The fraction of sp³-hybridized carbons (Fsp3) is 0.222. The molecule has 0 spiro atoms. The number of carbonyl (C=O) groups excluding carboxylic acids is 2. The van der Waals surface area contributed by atoms with E-state index in [1.54, 1.807) is 0 Å². The first-order valence-electron chi connectivity index (χ1n) is 4.21. The lowest BCUT2D eigenvalue weighted by Gasteiger charge is -2.04. The fourth-order valence-corrected chi connectivity index (χ4v) is 0.913. The summed E-state index contributed by atoms with van der Waals surface area (Å²) in [6.07, 6.45) is 0.950. The molecule has 1 aromatic rings. The Balaban J connectivity index is 2.74. The molecule has 0 saturated carbocycles.